The van der Waals surface area contributed by atoms with Crippen molar-refractivity contribution in [3.8, 4) is 11.4 Å². The van der Waals surface area contributed by atoms with E-state index < -0.39 is 0 Å². The molecule has 152 valence electrons. The van der Waals surface area contributed by atoms with E-state index in [1.54, 1.807) is 11.7 Å². The number of hydrogen-bond acceptors (Lipinski definition) is 4. The fourth-order valence-electron chi connectivity index (χ4n) is 3.70. The fraction of sp³-hybridized carbons (Fsp3) is 0.160. The molecule has 0 fully saturated rings. The summed E-state index contributed by atoms with van der Waals surface area (Å²) in [7, 11) is 1.65. The summed E-state index contributed by atoms with van der Waals surface area (Å²) in [5.74, 6) is 0.821. The molecule has 4 rings (SSSR count). The van der Waals surface area contributed by atoms with Crippen LogP contribution in [-0.4, -0.2) is 18.2 Å². The van der Waals surface area contributed by atoms with Crippen LogP contribution in [0.25, 0.3) is 16.5 Å². The topological polar surface area (TPSA) is 69.3 Å². The van der Waals surface area contributed by atoms with E-state index in [4.69, 9.17) is 10.5 Å². The quantitative estimate of drug-likeness (QED) is 0.491. The summed E-state index contributed by atoms with van der Waals surface area (Å²) in [4.78, 5) is 13.6. The zero-order chi connectivity index (χ0) is 20.9. The lowest BCUT2D eigenvalue weighted by Crippen LogP contribution is -2.24. The standard InChI is InChI=1S/C25H25N3O2/c1-30-22-12-10-18(11-13-22)17-27-23-9-5-6-19-16-21(14-15-26)28(25(29)24(19)23)20-7-3-2-4-8-20/h2-13,16,27H,14-15,17,26H2,1H3. The van der Waals surface area contributed by atoms with Gasteiger partial charge in [-0.3, -0.25) is 9.36 Å². The number of para-hydroxylation sites is 1. The third-order valence-corrected chi connectivity index (χ3v) is 5.18. The second-order valence-electron chi connectivity index (χ2n) is 7.12. The molecule has 0 atom stereocenters. The van der Waals surface area contributed by atoms with Crippen LogP contribution in [0.15, 0.2) is 83.7 Å². The predicted octanol–water partition coefficient (Wildman–Crippen LogP) is 4.11. The number of methoxy groups -OCH3 is 1. The number of nitrogens with one attached hydrogen (secondary N) is 1. The van der Waals surface area contributed by atoms with Crippen molar-refractivity contribution in [3.63, 3.8) is 0 Å². The van der Waals surface area contributed by atoms with Crippen LogP contribution in [0.3, 0.4) is 0 Å². The van der Waals surface area contributed by atoms with Gasteiger partial charge in [0.1, 0.15) is 5.75 Å². The molecule has 0 saturated heterocycles. The maximum Gasteiger partial charge on any atom is 0.265 e. The van der Waals surface area contributed by atoms with E-state index in [1.165, 1.54) is 0 Å². The number of hydrogen-bond donors (Lipinski definition) is 2. The highest BCUT2D eigenvalue weighted by molar-refractivity contribution is 5.93. The van der Waals surface area contributed by atoms with Crippen LogP contribution in [0, 0.1) is 0 Å². The average molecular weight is 399 g/mol. The summed E-state index contributed by atoms with van der Waals surface area (Å²) >= 11 is 0. The van der Waals surface area contributed by atoms with Gasteiger partial charge in [-0.05, 0) is 53.9 Å². The van der Waals surface area contributed by atoms with Crippen molar-refractivity contribution in [2.75, 3.05) is 19.0 Å². The largest absolute Gasteiger partial charge is 0.497 e. The lowest BCUT2D eigenvalue weighted by molar-refractivity contribution is 0.414. The minimum Gasteiger partial charge on any atom is -0.497 e. The molecule has 3 aromatic carbocycles. The highest BCUT2D eigenvalue weighted by Crippen LogP contribution is 2.24. The van der Waals surface area contributed by atoms with Crippen LogP contribution < -0.4 is 21.3 Å². The molecule has 5 nitrogen and oxygen atoms in total. The summed E-state index contributed by atoms with van der Waals surface area (Å²) in [5.41, 5.74) is 9.47. The maximum absolute atomic E-state index is 13.6. The SMILES string of the molecule is COc1ccc(CNc2cccc3cc(CCN)n(-c4ccccc4)c(=O)c23)cc1. The molecule has 0 bridgehead atoms. The first kappa shape index (κ1) is 19.7. The van der Waals surface area contributed by atoms with E-state index in [2.05, 4.69) is 11.4 Å². The first-order valence-electron chi connectivity index (χ1n) is 10.0. The van der Waals surface area contributed by atoms with Crippen LogP contribution in [0.2, 0.25) is 0 Å². The zero-order valence-corrected chi connectivity index (χ0v) is 17.0. The summed E-state index contributed by atoms with van der Waals surface area (Å²) in [6.45, 7) is 1.09. The van der Waals surface area contributed by atoms with Gasteiger partial charge in [0.2, 0.25) is 0 Å². The molecule has 30 heavy (non-hydrogen) atoms. The number of rotatable bonds is 7. The molecule has 0 aliphatic carbocycles. The second kappa shape index (κ2) is 8.84. The van der Waals surface area contributed by atoms with Gasteiger partial charge >= 0.3 is 0 Å². The Balaban J connectivity index is 1.78. The highest BCUT2D eigenvalue weighted by atomic mass is 16.5. The van der Waals surface area contributed by atoms with E-state index in [9.17, 15) is 4.79 Å². The minimum absolute atomic E-state index is 0.0417. The number of aromatic nitrogens is 1. The first-order chi connectivity index (χ1) is 14.7. The molecule has 1 heterocycles. The third kappa shape index (κ3) is 3.93. The third-order valence-electron chi connectivity index (χ3n) is 5.18. The molecular weight excluding hydrogens is 374 g/mol. The van der Waals surface area contributed by atoms with Crippen molar-refractivity contribution in [2.45, 2.75) is 13.0 Å². The van der Waals surface area contributed by atoms with Crippen LogP contribution in [0.1, 0.15) is 11.3 Å². The number of ether oxygens (including phenoxy) is 1. The summed E-state index contributed by atoms with van der Waals surface area (Å²) < 4.78 is 6.99. The van der Waals surface area contributed by atoms with E-state index >= 15 is 0 Å². The number of fused-ring (bicyclic) bond motifs is 1. The fourth-order valence-corrected chi connectivity index (χ4v) is 3.70. The number of nitrogens with zero attached hydrogens (tertiary/aromatic N) is 1. The first-order valence-corrected chi connectivity index (χ1v) is 10.0. The predicted molar refractivity (Wildman–Crippen MR) is 123 cm³/mol. The lowest BCUT2D eigenvalue weighted by Gasteiger charge is -2.16. The van der Waals surface area contributed by atoms with Crippen molar-refractivity contribution in [3.05, 3.63) is 100 Å². The van der Waals surface area contributed by atoms with Crippen LogP contribution in [-0.2, 0) is 13.0 Å². The molecule has 0 spiro atoms. The molecule has 3 N–H and O–H groups in total. The molecule has 0 aliphatic heterocycles. The van der Waals surface area contributed by atoms with Crippen LogP contribution in [0.5, 0.6) is 5.75 Å². The molecule has 0 amide bonds. The Morgan fingerprint density at radius 1 is 0.967 bits per heavy atom. The van der Waals surface area contributed by atoms with E-state index in [-0.39, 0.29) is 5.56 Å². The highest BCUT2D eigenvalue weighted by Gasteiger charge is 2.13. The van der Waals surface area contributed by atoms with Gasteiger partial charge in [0, 0.05) is 30.0 Å². The van der Waals surface area contributed by atoms with Crippen molar-refractivity contribution in [2.24, 2.45) is 5.73 Å². The van der Waals surface area contributed by atoms with Gasteiger partial charge in [0.25, 0.3) is 5.56 Å². The normalized spacial score (nSPS) is 10.9. The minimum atomic E-state index is -0.0417. The Bertz CT molecular complexity index is 1200. The average Bonchev–Trinajstić information content (AvgIpc) is 2.79. The van der Waals surface area contributed by atoms with Crippen molar-refractivity contribution < 1.29 is 4.74 Å². The Morgan fingerprint density at radius 3 is 2.43 bits per heavy atom. The molecule has 1 aromatic heterocycles. The van der Waals surface area contributed by atoms with E-state index in [1.807, 2.05) is 72.8 Å². The Hall–Kier alpha value is -3.57. The molecule has 0 aliphatic rings. The number of anilines is 1. The lowest BCUT2D eigenvalue weighted by atomic mass is 10.1. The molecule has 5 heteroatoms. The van der Waals surface area contributed by atoms with Crippen LogP contribution >= 0.6 is 0 Å². The smallest absolute Gasteiger partial charge is 0.265 e. The van der Waals surface area contributed by atoms with Gasteiger partial charge in [-0.2, -0.15) is 0 Å². The molecule has 0 unspecified atom stereocenters. The maximum atomic E-state index is 13.6. The van der Waals surface area contributed by atoms with Gasteiger partial charge in [0.05, 0.1) is 12.5 Å². The van der Waals surface area contributed by atoms with E-state index in [0.717, 1.165) is 33.8 Å². The molecule has 0 radical (unpaired) electrons. The number of nitrogens with two attached hydrogens (primary N) is 1. The zero-order valence-electron chi connectivity index (χ0n) is 17.0. The monoisotopic (exact) mass is 399 g/mol. The number of pyridine rings is 1. The van der Waals surface area contributed by atoms with Crippen LogP contribution in [0.4, 0.5) is 5.69 Å². The Morgan fingerprint density at radius 2 is 1.73 bits per heavy atom. The molecular formula is C25H25N3O2. The van der Waals surface area contributed by atoms with Gasteiger partial charge in [-0.15, -0.1) is 0 Å². The van der Waals surface area contributed by atoms with Crippen molar-refractivity contribution >= 4 is 16.5 Å². The molecule has 0 saturated carbocycles. The summed E-state index contributed by atoms with van der Waals surface area (Å²) in [6.07, 6.45) is 0.629. The van der Waals surface area contributed by atoms with E-state index in [0.29, 0.717) is 24.9 Å². The van der Waals surface area contributed by atoms with Gasteiger partial charge in [-0.25, -0.2) is 0 Å². The van der Waals surface area contributed by atoms with Gasteiger partial charge in [0.15, 0.2) is 0 Å². The van der Waals surface area contributed by atoms with Gasteiger partial charge in [-0.1, -0.05) is 42.5 Å². The van der Waals surface area contributed by atoms with Gasteiger partial charge < -0.3 is 15.8 Å². The van der Waals surface area contributed by atoms with Crippen molar-refractivity contribution in [1.82, 2.24) is 4.57 Å². The second-order valence-corrected chi connectivity index (χ2v) is 7.12. The van der Waals surface area contributed by atoms with Crippen molar-refractivity contribution in [1.29, 1.82) is 0 Å². The summed E-state index contributed by atoms with van der Waals surface area (Å²) in [5, 5.41) is 5.02. The summed E-state index contributed by atoms with van der Waals surface area (Å²) in [6, 6.07) is 25.6. The number of benzene rings is 3. The Kier molecular flexibility index (Phi) is 5.82. The Labute approximate surface area is 175 Å². The molecule has 4 aromatic rings.